The summed E-state index contributed by atoms with van der Waals surface area (Å²) in [4.78, 5) is 22.6. The van der Waals surface area contributed by atoms with Gasteiger partial charge in [0.25, 0.3) is 5.91 Å². The molecule has 1 aromatic carbocycles. The number of carbonyl (C=O) groups is 1. The van der Waals surface area contributed by atoms with E-state index in [1.165, 1.54) is 23.6 Å². The molecule has 2 unspecified atom stereocenters. The highest BCUT2D eigenvalue weighted by Crippen LogP contribution is 2.46. The molecule has 2 aliphatic rings. The topological polar surface area (TPSA) is 80.2 Å². The monoisotopic (exact) mass is 429 g/mol. The van der Waals surface area contributed by atoms with Gasteiger partial charge in [0, 0.05) is 36.1 Å². The van der Waals surface area contributed by atoms with E-state index in [-0.39, 0.29) is 18.4 Å². The molecule has 29 heavy (non-hydrogen) atoms. The number of pyridine rings is 1. The third kappa shape index (κ3) is 2.87. The van der Waals surface area contributed by atoms with Crippen molar-refractivity contribution in [2.24, 2.45) is 0 Å². The van der Waals surface area contributed by atoms with Crippen molar-refractivity contribution < 1.29 is 17.6 Å². The summed E-state index contributed by atoms with van der Waals surface area (Å²) in [6, 6.07) is 8.03. The quantitative estimate of drug-likeness (QED) is 0.585. The Morgan fingerprint density at radius 2 is 2.00 bits per heavy atom. The average Bonchev–Trinajstić information content (AvgIpc) is 3.38. The van der Waals surface area contributed by atoms with E-state index in [9.17, 15) is 17.6 Å². The Morgan fingerprint density at radius 3 is 2.69 bits per heavy atom. The van der Waals surface area contributed by atoms with Crippen LogP contribution in [0.5, 0.6) is 0 Å². The number of hydrogen-bond acceptors (Lipinski definition) is 6. The molecule has 4 heterocycles. The summed E-state index contributed by atoms with van der Waals surface area (Å²) in [5.41, 5.74) is 2.55. The summed E-state index contributed by atoms with van der Waals surface area (Å²) >= 11 is 1.39. The molecular formula is C20H16FN3O3S2. The van der Waals surface area contributed by atoms with Gasteiger partial charge in [-0.05, 0) is 42.3 Å². The van der Waals surface area contributed by atoms with Crippen LogP contribution in [0, 0.1) is 12.9 Å². The standard InChI is InChI=1S/C20H16FN3O3S2/c1-11-23-16(10-28-11)20(25)24-8-15-14-6-12(13-3-5-19(21)22-7-13)2-4-17(14)29(26,27)18(15)9-24/h2-7,10,15,18H,8-9H2,1H3. The van der Waals surface area contributed by atoms with Gasteiger partial charge >= 0.3 is 0 Å². The highest BCUT2D eigenvalue weighted by atomic mass is 32.2. The maximum atomic E-state index is 13.1. The fraction of sp³-hybridized carbons (Fsp3) is 0.250. The number of rotatable bonds is 2. The van der Waals surface area contributed by atoms with Crippen molar-refractivity contribution >= 4 is 27.1 Å². The van der Waals surface area contributed by atoms with Gasteiger partial charge < -0.3 is 4.90 Å². The van der Waals surface area contributed by atoms with Gasteiger partial charge in [0.15, 0.2) is 9.84 Å². The number of thiazole rings is 1. The van der Waals surface area contributed by atoms with E-state index < -0.39 is 21.0 Å². The van der Waals surface area contributed by atoms with E-state index in [4.69, 9.17) is 0 Å². The van der Waals surface area contributed by atoms with E-state index in [1.807, 2.05) is 13.0 Å². The van der Waals surface area contributed by atoms with Gasteiger partial charge in [0.1, 0.15) is 5.69 Å². The van der Waals surface area contributed by atoms with Gasteiger partial charge in [-0.3, -0.25) is 4.79 Å². The Hall–Kier alpha value is -2.65. The lowest BCUT2D eigenvalue weighted by molar-refractivity contribution is 0.0785. The van der Waals surface area contributed by atoms with Gasteiger partial charge in [0.05, 0.1) is 15.2 Å². The number of sulfone groups is 1. The van der Waals surface area contributed by atoms with E-state index in [2.05, 4.69) is 9.97 Å². The summed E-state index contributed by atoms with van der Waals surface area (Å²) in [6.45, 7) is 2.31. The molecule has 6 nitrogen and oxygen atoms in total. The number of benzene rings is 1. The number of aryl methyl sites for hydroxylation is 1. The Kier molecular flexibility index (Phi) is 4.08. The van der Waals surface area contributed by atoms with Gasteiger partial charge in [0.2, 0.25) is 5.95 Å². The van der Waals surface area contributed by atoms with Crippen LogP contribution >= 0.6 is 11.3 Å². The van der Waals surface area contributed by atoms with Crippen LogP contribution in [0.2, 0.25) is 0 Å². The third-order valence-corrected chi connectivity index (χ3v) is 8.60. The van der Waals surface area contributed by atoms with Crippen molar-refractivity contribution in [3.05, 3.63) is 64.1 Å². The largest absolute Gasteiger partial charge is 0.335 e. The number of nitrogens with zero attached hydrogens (tertiary/aromatic N) is 3. The Balaban J connectivity index is 1.51. The molecule has 2 aliphatic heterocycles. The Bertz CT molecular complexity index is 1240. The first kappa shape index (κ1) is 18.4. The lowest BCUT2D eigenvalue weighted by Gasteiger charge is -2.17. The molecule has 1 fully saturated rings. The summed E-state index contributed by atoms with van der Waals surface area (Å²) in [7, 11) is -3.52. The zero-order chi connectivity index (χ0) is 20.3. The van der Waals surface area contributed by atoms with E-state index in [1.54, 1.807) is 28.5 Å². The van der Waals surface area contributed by atoms with Crippen LogP contribution in [0.25, 0.3) is 11.1 Å². The van der Waals surface area contributed by atoms with Crippen LogP contribution in [-0.4, -0.2) is 47.5 Å². The zero-order valence-electron chi connectivity index (χ0n) is 15.4. The van der Waals surface area contributed by atoms with E-state index in [0.717, 1.165) is 10.6 Å². The SMILES string of the molecule is Cc1nc(C(=O)N2CC3c4cc(-c5ccc(F)nc5)ccc4S(=O)(=O)C3C2)cs1. The molecule has 2 aromatic heterocycles. The first-order chi connectivity index (χ1) is 13.8. The van der Waals surface area contributed by atoms with Gasteiger partial charge in [-0.1, -0.05) is 6.07 Å². The minimum absolute atomic E-state index is 0.157. The summed E-state index contributed by atoms with van der Waals surface area (Å²) in [6.07, 6.45) is 1.42. The molecule has 0 bridgehead atoms. The van der Waals surface area contributed by atoms with Crippen LogP contribution in [0.3, 0.4) is 0 Å². The lowest BCUT2D eigenvalue weighted by atomic mass is 9.95. The smallest absolute Gasteiger partial charge is 0.273 e. The summed E-state index contributed by atoms with van der Waals surface area (Å²) in [5, 5.41) is 1.85. The van der Waals surface area contributed by atoms with Gasteiger partial charge in [-0.25, -0.2) is 18.4 Å². The first-order valence-electron chi connectivity index (χ1n) is 9.06. The van der Waals surface area contributed by atoms with Crippen LogP contribution in [0.1, 0.15) is 27.0 Å². The number of likely N-dealkylation sites (tertiary alicyclic amines) is 1. The maximum Gasteiger partial charge on any atom is 0.273 e. The number of hydrogen-bond donors (Lipinski definition) is 0. The molecule has 2 atom stereocenters. The summed E-state index contributed by atoms with van der Waals surface area (Å²) < 4.78 is 39.2. The normalized spacial score (nSPS) is 21.8. The first-order valence-corrected chi connectivity index (χ1v) is 11.5. The van der Waals surface area contributed by atoms with E-state index >= 15 is 0 Å². The fourth-order valence-electron chi connectivity index (χ4n) is 4.16. The second-order valence-electron chi connectivity index (χ2n) is 7.27. The van der Waals surface area contributed by atoms with Crippen LogP contribution in [-0.2, 0) is 9.84 Å². The minimum atomic E-state index is -3.52. The van der Waals surface area contributed by atoms with Crippen LogP contribution in [0.15, 0.2) is 46.8 Å². The molecule has 0 N–H and O–H groups in total. The molecule has 9 heteroatoms. The average molecular weight is 429 g/mol. The number of amides is 1. The second kappa shape index (κ2) is 6.43. The second-order valence-corrected chi connectivity index (χ2v) is 10.5. The number of carbonyl (C=O) groups excluding carboxylic acids is 1. The molecule has 1 saturated heterocycles. The van der Waals surface area contributed by atoms with Crippen molar-refractivity contribution in [2.45, 2.75) is 23.0 Å². The lowest BCUT2D eigenvalue weighted by Crippen LogP contribution is -2.31. The van der Waals surface area contributed by atoms with Crippen molar-refractivity contribution in [3.8, 4) is 11.1 Å². The summed E-state index contributed by atoms with van der Waals surface area (Å²) in [5.74, 6) is -1.09. The number of aromatic nitrogens is 2. The van der Waals surface area contributed by atoms with Crippen molar-refractivity contribution in [3.63, 3.8) is 0 Å². The molecule has 1 amide bonds. The van der Waals surface area contributed by atoms with Gasteiger partial charge in [-0.15, -0.1) is 11.3 Å². The van der Waals surface area contributed by atoms with Crippen LogP contribution < -0.4 is 0 Å². The molecule has 148 valence electrons. The highest BCUT2D eigenvalue weighted by Gasteiger charge is 2.51. The molecule has 0 saturated carbocycles. The number of fused-ring (bicyclic) bond motifs is 3. The molecule has 0 aliphatic carbocycles. The Labute approximate surface area is 171 Å². The van der Waals surface area contributed by atoms with Crippen molar-refractivity contribution in [1.82, 2.24) is 14.9 Å². The number of halogens is 1. The van der Waals surface area contributed by atoms with Gasteiger partial charge in [-0.2, -0.15) is 4.39 Å². The van der Waals surface area contributed by atoms with Crippen molar-refractivity contribution in [2.75, 3.05) is 13.1 Å². The van der Waals surface area contributed by atoms with Crippen molar-refractivity contribution in [1.29, 1.82) is 0 Å². The molecule has 3 aromatic rings. The Morgan fingerprint density at radius 1 is 1.21 bits per heavy atom. The predicted molar refractivity (Wildman–Crippen MR) is 106 cm³/mol. The minimum Gasteiger partial charge on any atom is -0.335 e. The van der Waals surface area contributed by atoms with Crippen LogP contribution in [0.4, 0.5) is 4.39 Å². The molecule has 5 rings (SSSR count). The fourth-order valence-corrected chi connectivity index (χ4v) is 6.91. The third-order valence-electron chi connectivity index (χ3n) is 5.57. The molecule has 0 spiro atoms. The highest BCUT2D eigenvalue weighted by molar-refractivity contribution is 7.92. The van der Waals surface area contributed by atoms with E-state index in [0.29, 0.717) is 28.3 Å². The molecular weight excluding hydrogens is 413 g/mol. The zero-order valence-corrected chi connectivity index (χ0v) is 17.0. The predicted octanol–water partition coefficient (Wildman–Crippen LogP) is 3.05. The molecule has 0 radical (unpaired) electrons. The maximum absolute atomic E-state index is 13.1.